The highest BCUT2D eigenvalue weighted by Crippen LogP contribution is 2.23. The molecular formula is C26H30N8O3. The summed E-state index contributed by atoms with van der Waals surface area (Å²) in [7, 11) is 0. The number of benzene rings is 1. The number of carboxylic acid groups (broad SMARTS) is 1. The molecule has 11 heteroatoms. The van der Waals surface area contributed by atoms with Gasteiger partial charge in [0.25, 0.3) is 0 Å². The summed E-state index contributed by atoms with van der Waals surface area (Å²) in [5.41, 5.74) is 3.82. The molecule has 1 saturated heterocycles. The maximum Gasteiger partial charge on any atom is 0.326 e. The molecule has 5 aliphatic heterocycles. The molecular weight excluding hydrogens is 472 g/mol. The number of hydrogen-bond acceptors (Lipinski definition) is 9. The lowest BCUT2D eigenvalue weighted by atomic mass is 10.1. The molecule has 2 aromatic heterocycles. The fraction of sp³-hybridized carbons (Fsp3) is 0.346. The van der Waals surface area contributed by atoms with Gasteiger partial charge >= 0.3 is 5.97 Å². The molecule has 5 aliphatic rings. The highest BCUT2D eigenvalue weighted by molar-refractivity contribution is 5.79. The van der Waals surface area contributed by atoms with Crippen molar-refractivity contribution in [3.05, 3.63) is 60.6 Å². The zero-order valence-corrected chi connectivity index (χ0v) is 20.4. The number of amides is 1. The number of aliphatic carboxylic acids is 1. The number of anilines is 3. The summed E-state index contributed by atoms with van der Waals surface area (Å²) < 4.78 is 0. The van der Waals surface area contributed by atoms with Gasteiger partial charge in [0.05, 0.1) is 6.54 Å². The van der Waals surface area contributed by atoms with Crippen LogP contribution in [0.15, 0.2) is 55.0 Å². The van der Waals surface area contributed by atoms with Crippen LogP contribution in [0.1, 0.15) is 12.0 Å². The summed E-state index contributed by atoms with van der Waals surface area (Å²) in [6.07, 6.45) is 5.22. The van der Waals surface area contributed by atoms with E-state index in [1.807, 2.05) is 24.3 Å². The molecule has 0 saturated carbocycles. The van der Waals surface area contributed by atoms with E-state index in [9.17, 15) is 14.7 Å². The van der Waals surface area contributed by atoms with Crippen LogP contribution in [-0.4, -0.2) is 87.0 Å². The maximum absolute atomic E-state index is 12.4. The quantitative estimate of drug-likeness (QED) is 0.390. The van der Waals surface area contributed by atoms with Crippen LogP contribution in [0, 0.1) is 0 Å². The third-order valence-corrected chi connectivity index (χ3v) is 6.54. The largest absolute Gasteiger partial charge is 0.480 e. The number of carboxylic acids is 1. The van der Waals surface area contributed by atoms with Crippen LogP contribution in [0.5, 0.6) is 0 Å². The normalized spacial score (nSPS) is 22.4. The standard InChI is InChI=1S/C26H30N8O3/c35-24-17-34-10-8-33(9-11-34)16-18-2-1-3-21(12-18)31-23-13-19(4-6-27-23)20-14-29-26(30-15-20)32-22(25(36)37)5-7-28-24/h1-4,6,12-15,22H,5,7-11,16-17H2,(H,27,31)(H,28,35)(H,36,37)(H,29,30,32). The first-order valence-corrected chi connectivity index (χ1v) is 12.4. The molecule has 1 fully saturated rings. The molecule has 1 aromatic carbocycles. The second kappa shape index (κ2) is 11.3. The molecule has 1 atom stereocenters. The van der Waals surface area contributed by atoms with Gasteiger partial charge in [-0.25, -0.2) is 19.7 Å². The van der Waals surface area contributed by atoms with E-state index in [4.69, 9.17) is 0 Å². The average molecular weight is 503 g/mol. The van der Waals surface area contributed by atoms with Crippen LogP contribution >= 0.6 is 0 Å². The van der Waals surface area contributed by atoms with Crippen molar-refractivity contribution in [2.24, 2.45) is 0 Å². The molecule has 192 valence electrons. The molecule has 3 aromatic rings. The van der Waals surface area contributed by atoms with Gasteiger partial charge in [-0.05, 0) is 41.8 Å². The van der Waals surface area contributed by atoms with Gasteiger partial charge in [-0.2, -0.15) is 0 Å². The van der Waals surface area contributed by atoms with Gasteiger partial charge in [0.1, 0.15) is 11.9 Å². The monoisotopic (exact) mass is 502 g/mol. The Morgan fingerprint density at radius 3 is 2.46 bits per heavy atom. The van der Waals surface area contributed by atoms with E-state index in [1.165, 1.54) is 5.56 Å². The van der Waals surface area contributed by atoms with Gasteiger partial charge in [0, 0.05) is 69.1 Å². The first-order valence-electron chi connectivity index (χ1n) is 12.4. The van der Waals surface area contributed by atoms with Gasteiger partial charge in [-0.15, -0.1) is 0 Å². The summed E-state index contributed by atoms with van der Waals surface area (Å²) in [6, 6.07) is 11.2. The zero-order chi connectivity index (χ0) is 25.6. The van der Waals surface area contributed by atoms with E-state index in [-0.39, 0.29) is 24.8 Å². The van der Waals surface area contributed by atoms with E-state index >= 15 is 0 Å². The van der Waals surface area contributed by atoms with E-state index in [2.05, 4.69) is 52.8 Å². The first kappa shape index (κ1) is 24.6. The number of nitrogens with zero attached hydrogens (tertiary/aromatic N) is 5. The molecule has 8 bridgehead atoms. The summed E-state index contributed by atoms with van der Waals surface area (Å²) in [5, 5.41) is 18.7. The lowest BCUT2D eigenvalue weighted by Crippen LogP contribution is -2.49. The number of piperazine rings is 1. The van der Waals surface area contributed by atoms with Crippen molar-refractivity contribution in [1.29, 1.82) is 0 Å². The van der Waals surface area contributed by atoms with Gasteiger partial charge < -0.3 is 21.1 Å². The molecule has 37 heavy (non-hydrogen) atoms. The van der Waals surface area contributed by atoms with Crippen molar-refractivity contribution in [2.75, 3.05) is 49.9 Å². The van der Waals surface area contributed by atoms with Gasteiger partial charge in [-0.1, -0.05) is 12.1 Å². The minimum atomic E-state index is -1.03. The first-order chi connectivity index (χ1) is 18.0. The Kier molecular flexibility index (Phi) is 7.52. The molecule has 8 rings (SSSR count). The SMILES string of the molecule is O=C1CN2CCN(CC2)Cc2cccc(c2)Nc2cc(ccn2)-c2cnc(nc2)NC(C(=O)O)CCN1. The van der Waals surface area contributed by atoms with Crippen molar-refractivity contribution in [3.8, 4) is 11.1 Å². The number of aromatic nitrogens is 3. The molecule has 7 heterocycles. The van der Waals surface area contributed by atoms with Crippen molar-refractivity contribution < 1.29 is 14.7 Å². The second-order valence-corrected chi connectivity index (χ2v) is 9.28. The third-order valence-electron chi connectivity index (χ3n) is 6.54. The second-order valence-electron chi connectivity index (χ2n) is 9.28. The Bertz CT molecular complexity index is 1240. The number of pyridine rings is 1. The topological polar surface area (TPSA) is 136 Å². The summed E-state index contributed by atoms with van der Waals surface area (Å²) in [6.45, 7) is 4.71. The molecule has 4 N–H and O–H groups in total. The minimum Gasteiger partial charge on any atom is -0.480 e. The molecule has 0 aliphatic carbocycles. The number of hydrogen-bond donors (Lipinski definition) is 4. The molecule has 1 amide bonds. The summed E-state index contributed by atoms with van der Waals surface area (Å²) in [4.78, 5) is 41.8. The molecule has 11 nitrogen and oxygen atoms in total. The van der Waals surface area contributed by atoms with Crippen molar-refractivity contribution in [1.82, 2.24) is 30.1 Å². The Labute approximate surface area is 214 Å². The molecule has 1 unspecified atom stereocenters. The maximum atomic E-state index is 12.4. The Hall–Kier alpha value is -4.09. The Balaban J connectivity index is 1.39. The smallest absolute Gasteiger partial charge is 0.326 e. The van der Waals surface area contributed by atoms with Crippen LogP contribution in [0.25, 0.3) is 11.1 Å². The fourth-order valence-corrected chi connectivity index (χ4v) is 4.52. The van der Waals surface area contributed by atoms with E-state index < -0.39 is 12.0 Å². The van der Waals surface area contributed by atoms with Gasteiger partial charge in [0.2, 0.25) is 11.9 Å². The lowest BCUT2D eigenvalue weighted by Gasteiger charge is -2.34. The van der Waals surface area contributed by atoms with Crippen LogP contribution in [0.4, 0.5) is 17.5 Å². The highest BCUT2D eigenvalue weighted by Gasteiger charge is 2.21. The molecule has 0 spiro atoms. The Morgan fingerprint density at radius 2 is 1.70 bits per heavy atom. The lowest BCUT2D eigenvalue weighted by molar-refractivity contribution is -0.138. The predicted molar refractivity (Wildman–Crippen MR) is 139 cm³/mol. The van der Waals surface area contributed by atoms with Gasteiger partial charge in [-0.3, -0.25) is 14.6 Å². The van der Waals surface area contributed by atoms with E-state index in [1.54, 1.807) is 18.6 Å². The summed E-state index contributed by atoms with van der Waals surface area (Å²) >= 11 is 0. The van der Waals surface area contributed by atoms with Crippen LogP contribution in [-0.2, 0) is 16.1 Å². The van der Waals surface area contributed by atoms with Crippen molar-refractivity contribution >= 4 is 29.3 Å². The van der Waals surface area contributed by atoms with Crippen molar-refractivity contribution in [3.63, 3.8) is 0 Å². The van der Waals surface area contributed by atoms with E-state index in [0.29, 0.717) is 12.4 Å². The number of nitrogens with one attached hydrogen (secondary N) is 3. The Morgan fingerprint density at radius 1 is 0.946 bits per heavy atom. The van der Waals surface area contributed by atoms with Gasteiger partial charge in [0.15, 0.2) is 0 Å². The number of carbonyl (C=O) groups excluding carboxylic acids is 1. The van der Waals surface area contributed by atoms with Crippen LogP contribution in [0.2, 0.25) is 0 Å². The molecule has 0 radical (unpaired) electrons. The third kappa shape index (κ3) is 6.57. The average Bonchev–Trinajstić information content (AvgIpc) is 2.89. The summed E-state index contributed by atoms with van der Waals surface area (Å²) in [5.74, 6) is -0.224. The van der Waals surface area contributed by atoms with Crippen molar-refractivity contribution in [2.45, 2.75) is 19.0 Å². The predicted octanol–water partition coefficient (Wildman–Crippen LogP) is 1.78. The number of carbonyl (C=O) groups is 2. The fourth-order valence-electron chi connectivity index (χ4n) is 4.52. The number of rotatable bonds is 1. The van der Waals surface area contributed by atoms with Crippen LogP contribution in [0.3, 0.4) is 0 Å². The minimum absolute atomic E-state index is 0.106. The van der Waals surface area contributed by atoms with Crippen LogP contribution < -0.4 is 16.0 Å². The zero-order valence-electron chi connectivity index (χ0n) is 20.4. The van der Waals surface area contributed by atoms with E-state index in [0.717, 1.165) is 49.5 Å². The highest BCUT2D eigenvalue weighted by atomic mass is 16.4.